The Hall–Kier alpha value is -0.730. The molecule has 1 aromatic rings. The molecule has 0 bridgehead atoms. The van der Waals surface area contributed by atoms with E-state index < -0.39 is 0 Å². The fraction of sp³-hybridized carbons (Fsp3) is 0.538. The first-order valence-corrected chi connectivity index (χ1v) is 6.13. The van der Waals surface area contributed by atoms with Gasteiger partial charge in [0.05, 0.1) is 0 Å². The van der Waals surface area contributed by atoms with Gasteiger partial charge < -0.3 is 10.2 Å². The summed E-state index contributed by atoms with van der Waals surface area (Å²) in [5.41, 5.74) is 1.13. The standard InChI is InChI=1S/C13H21ClN2/c1-11(2)10-16(3)9-8-15-13-6-4-12(14)5-7-13/h4-7,11,15H,8-10H2,1-3H3. The second kappa shape index (κ2) is 6.77. The fourth-order valence-electron chi connectivity index (χ4n) is 1.67. The van der Waals surface area contributed by atoms with E-state index in [0.29, 0.717) is 0 Å². The lowest BCUT2D eigenvalue weighted by Gasteiger charge is -2.19. The summed E-state index contributed by atoms with van der Waals surface area (Å²) in [5, 5.41) is 4.16. The first kappa shape index (κ1) is 13.3. The molecule has 1 rings (SSSR count). The Bertz CT molecular complexity index is 295. The van der Waals surface area contributed by atoms with Gasteiger partial charge in [0.25, 0.3) is 0 Å². The Morgan fingerprint density at radius 2 is 1.88 bits per heavy atom. The number of rotatable bonds is 6. The lowest BCUT2D eigenvalue weighted by Crippen LogP contribution is -2.28. The molecule has 90 valence electrons. The van der Waals surface area contributed by atoms with Crippen molar-refractivity contribution in [1.29, 1.82) is 0 Å². The van der Waals surface area contributed by atoms with E-state index in [1.165, 1.54) is 0 Å². The van der Waals surface area contributed by atoms with Gasteiger partial charge in [0.2, 0.25) is 0 Å². The van der Waals surface area contributed by atoms with Crippen LogP contribution in [0.25, 0.3) is 0 Å². The molecule has 3 heteroatoms. The molecule has 0 fully saturated rings. The molecule has 0 spiro atoms. The second-order valence-electron chi connectivity index (χ2n) is 4.59. The van der Waals surface area contributed by atoms with Crippen molar-refractivity contribution in [3.8, 4) is 0 Å². The smallest absolute Gasteiger partial charge is 0.0407 e. The number of nitrogens with one attached hydrogen (secondary N) is 1. The van der Waals surface area contributed by atoms with Gasteiger partial charge in [0.15, 0.2) is 0 Å². The van der Waals surface area contributed by atoms with Gasteiger partial charge in [0.1, 0.15) is 0 Å². The topological polar surface area (TPSA) is 15.3 Å². The Morgan fingerprint density at radius 1 is 1.25 bits per heavy atom. The van der Waals surface area contributed by atoms with Crippen LogP contribution in [0.3, 0.4) is 0 Å². The van der Waals surface area contributed by atoms with Crippen LogP contribution in [-0.4, -0.2) is 31.6 Å². The van der Waals surface area contributed by atoms with Crippen molar-refractivity contribution in [3.63, 3.8) is 0 Å². The summed E-state index contributed by atoms with van der Waals surface area (Å²) >= 11 is 5.82. The van der Waals surface area contributed by atoms with E-state index in [2.05, 4.69) is 31.1 Å². The van der Waals surface area contributed by atoms with E-state index in [0.717, 1.165) is 36.3 Å². The highest BCUT2D eigenvalue weighted by molar-refractivity contribution is 6.30. The first-order chi connectivity index (χ1) is 7.58. The van der Waals surface area contributed by atoms with Gasteiger partial charge in [-0.3, -0.25) is 0 Å². The van der Waals surface area contributed by atoms with Crippen LogP contribution in [0.4, 0.5) is 5.69 Å². The van der Waals surface area contributed by atoms with Crippen molar-refractivity contribution < 1.29 is 0 Å². The average molecular weight is 241 g/mol. The molecule has 0 saturated heterocycles. The minimum absolute atomic E-state index is 0.723. The van der Waals surface area contributed by atoms with Crippen LogP contribution in [0.1, 0.15) is 13.8 Å². The van der Waals surface area contributed by atoms with E-state index in [-0.39, 0.29) is 0 Å². The number of likely N-dealkylation sites (N-methyl/N-ethyl adjacent to an activating group) is 1. The van der Waals surface area contributed by atoms with Crippen molar-refractivity contribution in [2.24, 2.45) is 5.92 Å². The molecule has 0 unspecified atom stereocenters. The molecule has 2 nitrogen and oxygen atoms in total. The molecule has 0 aromatic heterocycles. The number of halogens is 1. The molecule has 0 saturated carbocycles. The summed E-state index contributed by atoms with van der Waals surface area (Å²) in [7, 11) is 2.16. The van der Waals surface area contributed by atoms with E-state index in [1.807, 2.05) is 24.3 Å². The highest BCUT2D eigenvalue weighted by Crippen LogP contribution is 2.12. The van der Waals surface area contributed by atoms with Gasteiger partial charge in [-0.05, 0) is 37.2 Å². The molecule has 0 aliphatic carbocycles. The number of nitrogens with zero attached hydrogens (tertiary/aromatic N) is 1. The molecule has 16 heavy (non-hydrogen) atoms. The number of hydrogen-bond donors (Lipinski definition) is 1. The van der Waals surface area contributed by atoms with E-state index >= 15 is 0 Å². The van der Waals surface area contributed by atoms with Gasteiger partial charge in [-0.15, -0.1) is 0 Å². The third-order valence-electron chi connectivity index (χ3n) is 2.34. The summed E-state index contributed by atoms with van der Waals surface area (Å²) < 4.78 is 0. The van der Waals surface area contributed by atoms with Gasteiger partial charge in [-0.2, -0.15) is 0 Å². The fourth-order valence-corrected chi connectivity index (χ4v) is 1.80. The molecule has 0 amide bonds. The van der Waals surface area contributed by atoms with Crippen LogP contribution in [0, 0.1) is 5.92 Å². The van der Waals surface area contributed by atoms with E-state index in [1.54, 1.807) is 0 Å². The van der Waals surface area contributed by atoms with Crippen molar-refractivity contribution >= 4 is 17.3 Å². The molecule has 0 radical (unpaired) electrons. The first-order valence-electron chi connectivity index (χ1n) is 5.76. The maximum Gasteiger partial charge on any atom is 0.0407 e. The maximum atomic E-state index is 5.82. The van der Waals surface area contributed by atoms with Crippen molar-refractivity contribution in [3.05, 3.63) is 29.3 Å². The summed E-state index contributed by atoms with van der Waals surface area (Å²) in [6, 6.07) is 7.82. The predicted octanol–water partition coefficient (Wildman–Crippen LogP) is 3.34. The van der Waals surface area contributed by atoms with Gasteiger partial charge >= 0.3 is 0 Å². The molecular formula is C13H21ClN2. The van der Waals surface area contributed by atoms with Crippen molar-refractivity contribution in [2.75, 3.05) is 32.0 Å². The minimum Gasteiger partial charge on any atom is -0.384 e. The normalized spacial score (nSPS) is 11.1. The van der Waals surface area contributed by atoms with E-state index in [4.69, 9.17) is 11.6 Å². The molecular weight excluding hydrogens is 220 g/mol. The highest BCUT2D eigenvalue weighted by atomic mass is 35.5. The SMILES string of the molecule is CC(C)CN(C)CCNc1ccc(Cl)cc1. The molecule has 0 aliphatic heterocycles. The van der Waals surface area contributed by atoms with Gasteiger partial charge in [-0.25, -0.2) is 0 Å². The number of benzene rings is 1. The lowest BCUT2D eigenvalue weighted by molar-refractivity contribution is 0.306. The Balaban J connectivity index is 2.22. The Morgan fingerprint density at radius 3 is 2.44 bits per heavy atom. The second-order valence-corrected chi connectivity index (χ2v) is 5.03. The van der Waals surface area contributed by atoms with Crippen LogP contribution >= 0.6 is 11.6 Å². The number of anilines is 1. The highest BCUT2D eigenvalue weighted by Gasteiger charge is 2.00. The zero-order valence-electron chi connectivity index (χ0n) is 10.3. The van der Waals surface area contributed by atoms with Crippen LogP contribution in [0.2, 0.25) is 5.02 Å². The summed E-state index contributed by atoms with van der Waals surface area (Å²) in [4.78, 5) is 2.34. The molecule has 0 aliphatic rings. The third kappa shape index (κ3) is 5.38. The quantitative estimate of drug-likeness (QED) is 0.821. The largest absolute Gasteiger partial charge is 0.384 e. The minimum atomic E-state index is 0.723. The lowest BCUT2D eigenvalue weighted by atomic mass is 10.2. The molecule has 1 N–H and O–H groups in total. The zero-order valence-corrected chi connectivity index (χ0v) is 11.1. The maximum absolute atomic E-state index is 5.82. The summed E-state index contributed by atoms with van der Waals surface area (Å²) in [5.74, 6) is 0.723. The van der Waals surface area contributed by atoms with Gasteiger partial charge in [0, 0.05) is 30.3 Å². The third-order valence-corrected chi connectivity index (χ3v) is 2.60. The average Bonchev–Trinajstić information content (AvgIpc) is 2.20. The molecule has 0 heterocycles. The van der Waals surface area contributed by atoms with Crippen molar-refractivity contribution in [2.45, 2.75) is 13.8 Å². The Kier molecular flexibility index (Phi) is 5.64. The monoisotopic (exact) mass is 240 g/mol. The van der Waals surface area contributed by atoms with E-state index in [9.17, 15) is 0 Å². The van der Waals surface area contributed by atoms with Crippen molar-refractivity contribution in [1.82, 2.24) is 4.90 Å². The molecule has 1 aromatic carbocycles. The van der Waals surface area contributed by atoms with Gasteiger partial charge in [-0.1, -0.05) is 25.4 Å². The predicted molar refractivity (Wildman–Crippen MR) is 72.3 cm³/mol. The van der Waals surface area contributed by atoms with Crippen LogP contribution in [-0.2, 0) is 0 Å². The van der Waals surface area contributed by atoms with Crippen LogP contribution in [0.15, 0.2) is 24.3 Å². The Labute approximate surface area is 104 Å². The van der Waals surface area contributed by atoms with Crippen LogP contribution < -0.4 is 5.32 Å². The number of hydrogen-bond acceptors (Lipinski definition) is 2. The summed E-state index contributed by atoms with van der Waals surface area (Å²) in [6.07, 6.45) is 0. The van der Waals surface area contributed by atoms with Crippen LogP contribution in [0.5, 0.6) is 0 Å². The zero-order chi connectivity index (χ0) is 12.0. The molecule has 0 atom stereocenters. The summed E-state index contributed by atoms with van der Waals surface area (Å²) in [6.45, 7) is 7.64.